The van der Waals surface area contributed by atoms with Gasteiger partial charge in [-0.1, -0.05) is 24.3 Å². The molecule has 0 amide bonds. The zero-order valence-corrected chi connectivity index (χ0v) is 15.3. The molecule has 1 atom stereocenters. The summed E-state index contributed by atoms with van der Waals surface area (Å²) in [4.78, 5) is 9.10. The van der Waals surface area contributed by atoms with Crippen LogP contribution in [0.5, 0.6) is 0 Å². The van der Waals surface area contributed by atoms with Crippen molar-refractivity contribution in [2.24, 2.45) is 0 Å². The van der Waals surface area contributed by atoms with E-state index < -0.39 is 6.10 Å². The van der Waals surface area contributed by atoms with Gasteiger partial charge in [-0.15, -0.1) is 0 Å². The van der Waals surface area contributed by atoms with Crippen LogP contribution in [0.4, 0.5) is 5.82 Å². The molecule has 4 rings (SSSR count). The van der Waals surface area contributed by atoms with Gasteiger partial charge in [-0.25, -0.2) is 4.98 Å². The normalized spacial score (nSPS) is 16.9. The van der Waals surface area contributed by atoms with Crippen molar-refractivity contribution in [3.05, 3.63) is 60.4 Å². The predicted octanol–water partition coefficient (Wildman–Crippen LogP) is 2.91. The molecule has 0 spiro atoms. The van der Waals surface area contributed by atoms with Crippen molar-refractivity contribution in [1.82, 2.24) is 14.5 Å². The largest absolute Gasteiger partial charge is 0.387 e. The number of aryl methyl sites for hydroxylation is 1. The van der Waals surface area contributed by atoms with Gasteiger partial charge in [0.15, 0.2) is 0 Å². The number of aromatic nitrogens is 2. The van der Waals surface area contributed by atoms with E-state index in [4.69, 9.17) is 0 Å². The van der Waals surface area contributed by atoms with Crippen molar-refractivity contribution in [2.45, 2.75) is 19.6 Å². The molecule has 1 saturated heterocycles. The van der Waals surface area contributed by atoms with Gasteiger partial charge in [0.2, 0.25) is 0 Å². The van der Waals surface area contributed by atoms with Crippen LogP contribution in [-0.2, 0) is 6.54 Å². The van der Waals surface area contributed by atoms with Crippen molar-refractivity contribution < 1.29 is 5.11 Å². The van der Waals surface area contributed by atoms with Crippen LogP contribution < -0.4 is 4.90 Å². The van der Waals surface area contributed by atoms with Crippen LogP contribution in [0.2, 0.25) is 0 Å². The molecule has 3 heterocycles. The number of aliphatic hydroxyl groups is 1. The molecule has 1 N–H and O–H groups in total. The maximum absolute atomic E-state index is 10.9. The fraction of sp³-hybridized carbons (Fsp3) is 0.381. The number of nitrogens with zero attached hydrogens (tertiary/aromatic N) is 4. The first kappa shape index (κ1) is 17.1. The lowest BCUT2D eigenvalue weighted by Crippen LogP contribution is -2.47. The molecule has 1 fully saturated rings. The van der Waals surface area contributed by atoms with Crippen LogP contribution in [0.25, 0.3) is 10.9 Å². The number of benzene rings is 1. The minimum absolute atomic E-state index is 0.464. The van der Waals surface area contributed by atoms with Crippen LogP contribution in [0.1, 0.15) is 18.6 Å². The number of hydrogen-bond acceptors (Lipinski definition) is 4. The number of fused-ring (bicyclic) bond motifs is 1. The lowest BCUT2D eigenvalue weighted by molar-refractivity contribution is 0.110. The highest BCUT2D eigenvalue weighted by Gasteiger charge is 2.22. The number of para-hydroxylation sites is 1. The fourth-order valence-electron chi connectivity index (χ4n) is 3.85. The van der Waals surface area contributed by atoms with Crippen LogP contribution in [-0.4, -0.2) is 52.3 Å². The first-order valence-corrected chi connectivity index (χ1v) is 9.40. The maximum atomic E-state index is 10.9. The average Bonchev–Trinajstić information content (AvgIpc) is 3.08. The first-order chi connectivity index (χ1) is 12.8. The Morgan fingerprint density at radius 1 is 1.04 bits per heavy atom. The van der Waals surface area contributed by atoms with E-state index in [2.05, 4.69) is 56.7 Å². The summed E-state index contributed by atoms with van der Waals surface area (Å²) in [7, 11) is 0. The molecule has 0 unspecified atom stereocenters. The van der Waals surface area contributed by atoms with Gasteiger partial charge in [0.05, 0.1) is 6.10 Å². The lowest BCUT2D eigenvalue weighted by atomic mass is 10.1. The van der Waals surface area contributed by atoms with Crippen molar-refractivity contribution >= 4 is 16.7 Å². The summed E-state index contributed by atoms with van der Waals surface area (Å²) in [5.74, 6) is 1.04. The van der Waals surface area contributed by atoms with Gasteiger partial charge < -0.3 is 14.6 Å². The molecule has 0 saturated carbocycles. The van der Waals surface area contributed by atoms with Crippen LogP contribution in [0.15, 0.2) is 54.9 Å². The molecule has 5 nitrogen and oxygen atoms in total. The highest BCUT2D eigenvalue weighted by Crippen LogP contribution is 2.27. The highest BCUT2D eigenvalue weighted by molar-refractivity contribution is 5.84. The van der Waals surface area contributed by atoms with E-state index >= 15 is 0 Å². The smallest absolute Gasteiger partial charge is 0.128 e. The summed E-state index contributed by atoms with van der Waals surface area (Å²) < 4.78 is 2.22. The Hall–Kier alpha value is -2.37. The quantitative estimate of drug-likeness (QED) is 0.768. The number of β-amino-alcohol motifs (C(OH)–C–C–N with tert-alkyl or cyclic N) is 1. The molecule has 0 radical (unpaired) electrons. The van der Waals surface area contributed by atoms with Gasteiger partial charge in [-0.3, -0.25) is 4.90 Å². The Balaban J connectivity index is 1.43. The Labute approximate surface area is 154 Å². The third-order valence-corrected chi connectivity index (χ3v) is 5.30. The van der Waals surface area contributed by atoms with E-state index in [1.54, 1.807) is 0 Å². The number of rotatable bonds is 5. The number of hydrogen-bond donors (Lipinski definition) is 1. The highest BCUT2D eigenvalue weighted by atomic mass is 16.3. The molecule has 1 aromatic carbocycles. The molecular weight excluding hydrogens is 324 g/mol. The third kappa shape index (κ3) is 3.32. The Kier molecular flexibility index (Phi) is 4.91. The number of aliphatic hydroxyl groups excluding tert-OH is 1. The van der Waals surface area contributed by atoms with Gasteiger partial charge in [0.25, 0.3) is 0 Å². The van der Waals surface area contributed by atoms with Gasteiger partial charge in [-0.2, -0.15) is 0 Å². The van der Waals surface area contributed by atoms with Crippen LogP contribution in [0, 0.1) is 0 Å². The molecular formula is C21H26N4O. The molecule has 5 heteroatoms. The maximum Gasteiger partial charge on any atom is 0.128 e. The van der Waals surface area contributed by atoms with Crippen LogP contribution >= 0.6 is 0 Å². The van der Waals surface area contributed by atoms with E-state index in [9.17, 15) is 5.11 Å². The predicted molar refractivity (Wildman–Crippen MR) is 105 cm³/mol. The third-order valence-electron chi connectivity index (χ3n) is 5.30. The average molecular weight is 350 g/mol. The van der Waals surface area contributed by atoms with E-state index in [0.29, 0.717) is 6.54 Å². The van der Waals surface area contributed by atoms with E-state index in [1.807, 2.05) is 24.4 Å². The molecule has 0 aliphatic carbocycles. The van der Waals surface area contributed by atoms with Gasteiger partial charge in [0.1, 0.15) is 5.82 Å². The first-order valence-electron chi connectivity index (χ1n) is 9.40. The van der Waals surface area contributed by atoms with E-state index in [0.717, 1.165) is 49.5 Å². The molecule has 1 aliphatic rings. The zero-order chi connectivity index (χ0) is 17.9. The number of anilines is 1. The molecule has 2 aromatic heterocycles. The second-order valence-electron chi connectivity index (χ2n) is 6.88. The monoisotopic (exact) mass is 350 g/mol. The molecule has 26 heavy (non-hydrogen) atoms. The van der Waals surface area contributed by atoms with Crippen molar-refractivity contribution in [3.8, 4) is 0 Å². The van der Waals surface area contributed by atoms with Crippen LogP contribution in [0.3, 0.4) is 0 Å². The molecule has 1 aliphatic heterocycles. The van der Waals surface area contributed by atoms with Gasteiger partial charge in [0, 0.05) is 68.1 Å². The van der Waals surface area contributed by atoms with Crippen molar-refractivity contribution in [2.75, 3.05) is 37.6 Å². The number of piperazine rings is 1. The summed E-state index contributed by atoms with van der Waals surface area (Å²) in [5, 5.41) is 12.0. The Bertz CT molecular complexity index is 853. The lowest BCUT2D eigenvalue weighted by Gasteiger charge is -2.36. The standard InChI is InChI=1S/C21H26N4O/c1-2-24-15-18(17-7-3-4-8-19(17)24)20(26)16-23-11-13-25(14-12-23)21-9-5-6-10-22-21/h3-10,15,20,26H,2,11-14,16H2,1H3/t20-/m1/s1. The van der Waals surface area contributed by atoms with E-state index in [1.165, 1.54) is 5.52 Å². The van der Waals surface area contributed by atoms with E-state index in [-0.39, 0.29) is 0 Å². The minimum atomic E-state index is -0.464. The summed E-state index contributed by atoms with van der Waals surface area (Å²) in [6, 6.07) is 14.4. The number of pyridine rings is 1. The summed E-state index contributed by atoms with van der Waals surface area (Å²) in [5.41, 5.74) is 2.23. The second-order valence-corrected chi connectivity index (χ2v) is 6.88. The molecule has 136 valence electrons. The summed E-state index contributed by atoms with van der Waals surface area (Å²) >= 11 is 0. The van der Waals surface area contributed by atoms with Gasteiger partial charge in [-0.05, 0) is 25.1 Å². The second kappa shape index (κ2) is 7.48. The Morgan fingerprint density at radius 3 is 2.54 bits per heavy atom. The summed E-state index contributed by atoms with van der Waals surface area (Å²) in [6.45, 7) is 7.50. The fourth-order valence-corrected chi connectivity index (χ4v) is 3.85. The molecule has 3 aromatic rings. The topological polar surface area (TPSA) is 44.5 Å². The summed E-state index contributed by atoms with van der Waals surface area (Å²) in [6.07, 6.45) is 3.49. The Morgan fingerprint density at radius 2 is 1.81 bits per heavy atom. The minimum Gasteiger partial charge on any atom is -0.387 e. The SMILES string of the molecule is CCn1cc([C@H](O)CN2CCN(c3ccccn3)CC2)c2ccccc21. The zero-order valence-electron chi connectivity index (χ0n) is 15.3. The molecule has 0 bridgehead atoms. The van der Waals surface area contributed by atoms with Crippen molar-refractivity contribution in [1.29, 1.82) is 0 Å². The van der Waals surface area contributed by atoms with Gasteiger partial charge >= 0.3 is 0 Å². The van der Waals surface area contributed by atoms with Crippen molar-refractivity contribution in [3.63, 3.8) is 0 Å².